The van der Waals surface area contributed by atoms with E-state index in [2.05, 4.69) is 20.6 Å². The number of amides is 1. The van der Waals surface area contributed by atoms with Crippen molar-refractivity contribution in [1.82, 2.24) is 24.5 Å². The second-order valence-corrected chi connectivity index (χ2v) is 6.86. The van der Waals surface area contributed by atoms with E-state index in [9.17, 15) is 9.59 Å². The molecule has 0 aliphatic rings. The minimum Gasteiger partial charge on any atom is -0.497 e. The molecule has 0 radical (unpaired) electrons. The summed E-state index contributed by atoms with van der Waals surface area (Å²) < 4.78 is 7.92. The van der Waals surface area contributed by atoms with Crippen LogP contribution in [0.4, 0.5) is 5.69 Å². The summed E-state index contributed by atoms with van der Waals surface area (Å²) in [4.78, 5) is 29.4. The molecule has 2 aromatic heterocycles. The van der Waals surface area contributed by atoms with Crippen molar-refractivity contribution in [3.63, 3.8) is 0 Å². The van der Waals surface area contributed by atoms with E-state index < -0.39 is 5.56 Å². The van der Waals surface area contributed by atoms with Gasteiger partial charge in [-0.3, -0.25) is 14.2 Å². The molecule has 4 rings (SSSR count). The Kier molecular flexibility index (Phi) is 5.25. The van der Waals surface area contributed by atoms with Gasteiger partial charge < -0.3 is 10.1 Å². The Labute approximate surface area is 171 Å². The maximum atomic E-state index is 12.7. The number of carbonyl (C=O) groups excluding carboxylic acids is 1. The van der Waals surface area contributed by atoms with Gasteiger partial charge in [-0.2, -0.15) is 0 Å². The van der Waals surface area contributed by atoms with E-state index in [4.69, 9.17) is 4.74 Å². The van der Waals surface area contributed by atoms with Gasteiger partial charge in [0.2, 0.25) is 5.91 Å². The minimum atomic E-state index is -0.420. The molecule has 0 atom stereocenters. The van der Waals surface area contributed by atoms with Crippen LogP contribution in [-0.2, 0) is 17.9 Å². The molecule has 0 spiro atoms. The van der Waals surface area contributed by atoms with Crippen LogP contribution in [0.15, 0.2) is 59.7 Å². The fourth-order valence-corrected chi connectivity index (χ4v) is 3.03. The molecule has 0 fully saturated rings. The van der Waals surface area contributed by atoms with E-state index in [1.54, 1.807) is 36.1 Å². The van der Waals surface area contributed by atoms with Gasteiger partial charge in [0, 0.05) is 11.8 Å². The predicted molar refractivity (Wildman–Crippen MR) is 111 cm³/mol. The highest BCUT2D eigenvalue weighted by Gasteiger charge is 2.14. The number of anilines is 1. The Morgan fingerprint density at radius 1 is 1.17 bits per heavy atom. The maximum Gasteiger partial charge on any atom is 0.283 e. The van der Waals surface area contributed by atoms with E-state index in [1.807, 2.05) is 31.2 Å². The lowest BCUT2D eigenvalue weighted by Gasteiger charge is -2.08. The van der Waals surface area contributed by atoms with Gasteiger partial charge in [0.05, 0.1) is 13.7 Å². The number of aromatic nitrogens is 5. The maximum absolute atomic E-state index is 12.7. The van der Waals surface area contributed by atoms with Crippen LogP contribution in [0.2, 0.25) is 0 Å². The van der Waals surface area contributed by atoms with Crippen molar-refractivity contribution in [2.45, 2.75) is 20.0 Å². The van der Waals surface area contributed by atoms with Crippen LogP contribution in [0.3, 0.4) is 0 Å². The first-order valence-electron chi connectivity index (χ1n) is 9.31. The second kappa shape index (κ2) is 8.16. The molecule has 4 aromatic rings. The van der Waals surface area contributed by atoms with Crippen molar-refractivity contribution in [3.05, 3.63) is 76.3 Å². The molecule has 2 aromatic carbocycles. The zero-order valence-corrected chi connectivity index (χ0v) is 16.6. The first kappa shape index (κ1) is 19.3. The van der Waals surface area contributed by atoms with Crippen LogP contribution in [0.1, 0.15) is 11.1 Å². The molecule has 152 valence electrons. The predicted octanol–water partition coefficient (Wildman–Crippen LogP) is 1.99. The van der Waals surface area contributed by atoms with Gasteiger partial charge in [-0.25, -0.2) is 9.67 Å². The van der Waals surface area contributed by atoms with Crippen LogP contribution in [0, 0.1) is 6.92 Å². The van der Waals surface area contributed by atoms with Crippen molar-refractivity contribution >= 4 is 22.8 Å². The van der Waals surface area contributed by atoms with Gasteiger partial charge in [-0.15, -0.1) is 5.10 Å². The average Bonchev–Trinajstić information content (AvgIpc) is 3.15. The third kappa shape index (κ3) is 4.04. The first-order chi connectivity index (χ1) is 14.5. The highest BCUT2D eigenvalue weighted by atomic mass is 16.5. The van der Waals surface area contributed by atoms with Gasteiger partial charge in [0.15, 0.2) is 11.2 Å². The molecule has 30 heavy (non-hydrogen) atoms. The number of ether oxygens (including phenoxy) is 1. The molecule has 0 aliphatic heterocycles. The van der Waals surface area contributed by atoms with Crippen LogP contribution in [-0.4, -0.2) is 37.6 Å². The van der Waals surface area contributed by atoms with E-state index in [1.165, 1.54) is 10.9 Å². The Morgan fingerprint density at radius 2 is 1.97 bits per heavy atom. The Morgan fingerprint density at radius 3 is 2.73 bits per heavy atom. The highest BCUT2D eigenvalue weighted by Crippen LogP contribution is 2.16. The van der Waals surface area contributed by atoms with Crippen molar-refractivity contribution in [2.75, 3.05) is 12.4 Å². The van der Waals surface area contributed by atoms with E-state index in [0.29, 0.717) is 23.6 Å². The number of hydrogen-bond acceptors (Lipinski definition) is 6. The molecular formula is C21H20N6O3. The Bertz CT molecular complexity index is 1260. The zero-order chi connectivity index (χ0) is 21.1. The number of methoxy groups -OCH3 is 1. The standard InChI is InChI=1S/C21H20N6O3/c1-14-6-8-15(9-7-14)11-27-20-19(24-25-27)21(29)26(13-22-20)12-18(28)23-16-4-3-5-17(10-16)30-2/h3-10,13H,11-12H2,1-2H3,(H,23,28). The first-order valence-corrected chi connectivity index (χ1v) is 9.31. The lowest BCUT2D eigenvalue weighted by Crippen LogP contribution is -2.28. The number of aryl methyl sites for hydroxylation is 1. The van der Waals surface area contributed by atoms with E-state index in [-0.39, 0.29) is 18.0 Å². The molecule has 9 nitrogen and oxygen atoms in total. The van der Waals surface area contributed by atoms with Crippen LogP contribution in [0.25, 0.3) is 11.2 Å². The summed E-state index contributed by atoms with van der Waals surface area (Å²) in [6.45, 7) is 2.27. The molecule has 9 heteroatoms. The summed E-state index contributed by atoms with van der Waals surface area (Å²) in [6.07, 6.45) is 1.34. The minimum absolute atomic E-state index is 0.124. The summed E-state index contributed by atoms with van der Waals surface area (Å²) in [6, 6.07) is 15.0. The fraction of sp³-hybridized carbons (Fsp3) is 0.190. The average molecular weight is 404 g/mol. The number of nitrogens with zero attached hydrogens (tertiary/aromatic N) is 5. The van der Waals surface area contributed by atoms with Crippen molar-refractivity contribution in [3.8, 4) is 5.75 Å². The van der Waals surface area contributed by atoms with Crippen molar-refractivity contribution < 1.29 is 9.53 Å². The lowest BCUT2D eigenvalue weighted by molar-refractivity contribution is -0.116. The molecule has 1 N–H and O–H groups in total. The number of rotatable bonds is 6. The summed E-state index contributed by atoms with van der Waals surface area (Å²) >= 11 is 0. The number of carbonyl (C=O) groups is 1. The Balaban J connectivity index is 1.52. The van der Waals surface area contributed by atoms with Gasteiger partial charge in [-0.05, 0) is 24.6 Å². The van der Waals surface area contributed by atoms with Crippen LogP contribution in [0.5, 0.6) is 5.75 Å². The summed E-state index contributed by atoms with van der Waals surface area (Å²) in [7, 11) is 1.55. The molecule has 0 unspecified atom stereocenters. The molecule has 0 saturated carbocycles. The topological polar surface area (TPSA) is 104 Å². The van der Waals surface area contributed by atoms with E-state index >= 15 is 0 Å². The van der Waals surface area contributed by atoms with Crippen molar-refractivity contribution in [1.29, 1.82) is 0 Å². The third-order valence-electron chi connectivity index (χ3n) is 4.61. The molecular weight excluding hydrogens is 384 g/mol. The quantitative estimate of drug-likeness (QED) is 0.527. The number of fused-ring (bicyclic) bond motifs is 1. The molecule has 0 bridgehead atoms. The summed E-state index contributed by atoms with van der Waals surface area (Å²) in [5.74, 6) is 0.261. The Hall–Kier alpha value is -4.01. The smallest absolute Gasteiger partial charge is 0.283 e. The van der Waals surface area contributed by atoms with Crippen LogP contribution < -0.4 is 15.6 Å². The normalized spacial score (nSPS) is 10.9. The summed E-state index contributed by atoms with van der Waals surface area (Å²) in [5.41, 5.74) is 2.84. The van der Waals surface area contributed by atoms with Gasteiger partial charge in [0.1, 0.15) is 18.6 Å². The fourth-order valence-electron chi connectivity index (χ4n) is 3.03. The lowest BCUT2D eigenvalue weighted by atomic mass is 10.1. The third-order valence-corrected chi connectivity index (χ3v) is 4.61. The molecule has 1 amide bonds. The van der Waals surface area contributed by atoms with E-state index in [0.717, 1.165) is 11.1 Å². The van der Waals surface area contributed by atoms with Gasteiger partial charge in [-0.1, -0.05) is 41.1 Å². The number of hydrogen-bond donors (Lipinski definition) is 1. The SMILES string of the molecule is COc1cccc(NC(=O)Cn2cnc3c(nnn3Cc3ccc(C)cc3)c2=O)c1. The molecule has 0 saturated heterocycles. The van der Waals surface area contributed by atoms with Crippen LogP contribution >= 0.6 is 0 Å². The zero-order valence-electron chi connectivity index (χ0n) is 16.6. The highest BCUT2D eigenvalue weighted by molar-refractivity contribution is 5.90. The monoisotopic (exact) mass is 404 g/mol. The van der Waals surface area contributed by atoms with Gasteiger partial charge >= 0.3 is 0 Å². The largest absolute Gasteiger partial charge is 0.497 e. The second-order valence-electron chi connectivity index (χ2n) is 6.86. The van der Waals surface area contributed by atoms with Gasteiger partial charge in [0.25, 0.3) is 5.56 Å². The van der Waals surface area contributed by atoms with Crippen molar-refractivity contribution in [2.24, 2.45) is 0 Å². The molecule has 0 aliphatic carbocycles. The number of nitrogens with one attached hydrogen (secondary N) is 1. The summed E-state index contributed by atoms with van der Waals surface area (Å²) in [5, 5.41) is 10.8. The number of benzene rings is 2. The molecule has 2 heterocycles.